The zero-order valence-corrected chi connectivity index (χ0v) is 9.32. The first kappa shape index (κ1) is 10.1. The molecule has 0 aliphatic heterocycles. The smallest absolute Gasteiger partial charge is 0.149 e. The summed E-state index contributed by atoms with van der Waals surface area (Å²) in [5.41, 5.74) is 1.11. The molecule has 80 valence electrons. The number of aromatic amines is 1. The maximum Gasteiger partial charge on any atom is 0.149 e. The Morgan fingerprint density at radius 3 is 2.80 bits per heavy atom. The molecule has 1 heterocycles. The minimum Gasteiger partial charge on any atom is -0.475 e. The van der Waals surface area contributed by atoms with Crippen LogP contribution in [0.5, 0.6) is 5.75 Å². The van der Waals surface area contributed by atoms with E-state index in [1.165, 1.54) is 0 Å². The third kappa shape index (κ3) is 1.97. The molecule has 0 aliphatic rings. The number of ether oxygens (including phenoxy) is 1. The molecule has 0 saturated heterocycles. The third-order valence-electron chi connectivity index (χ3n) is 2.58. The third-order valence-corrected chi connectivity index (χ3v) is 2.58. The minimum absolute atomic E-state index is 0.0745. The molecule has 0 radical (unpaired) electrons. The molecule has 2 rings (SSSR count). The fourth-order valence-electron chi connectivity index (χ4n) is 1.45. The number of rotatable bonds is 3. The quantitative estimate of drug-likeness (QED) is 0.778. The maximum absolute atomic E-state index is 5.85. The van der Waals surface area contributed by atoms with Crippen LogP contribution in [-0.2, 0) is 0 Å². The predicted octanol–water partition coefficient (Wildman–Crippen LogP) is 2.45. The van der Waals surface area contributed by atoms with Crippen molar-refractivity contribution in [1.82, 2.24) is 9.88 Å². The van der Waals surface area contributed by atoms with Crippen molar-refractivity contribution in [3.8, 4) is 5.75 Å². The molecule has 1 aromatic heterocycles. The number of fused-ring (bicyclic) bond motifs is 1. The lowest BCUT2D eigenvalue weighted by atomic mass is 10.2. The summed E-state index contributed by atoms with van der Waals surface area (Å²) in [6.07, 6.45) is 2.00. The summed E-state index contributed by atoms with van der Waals surface area (Å²) in [7, 11) is 4.00. The van der Waals surface area contributed by atoms with Crippen LogP contribution in [0.25, 0.3) is 10.9 Å². The second-order valence-electron chi connectivity index (χ2n) is 3.88. The van der Waals surface area contributed by atoms with E-state index in [-0.39, 0.29) is 6.23 Å². The van der Waals surface area contributed by atoms with Gasteiger partial charge in [0, 0.05) is 17.1 Å². The van der Waals surface area contributed by atoms with Crippen molar-refractivity contribution in [2.45, 2.75) is 13.2 Å². The Kier molecular flexibility index (Phi) is 2.64. The Labute approximate surface area is 89.7 Å². The number of aromatic nitrogens is 1. The number of hydrogen-bond acceptors (Lipinski definition) is 2. The second-order valence-corrected chi connectivity index (χ2v) is 3.88. The van der Waals surface area contributed by atoms with Crippen LogP contribution in [0.2, 0.25) is 0 Å². The van der Waals surface area contributed by atoms with Crippen molar-refractivity contribution in [2.24, 2.45) is 0 Å². The van der Waals surface area contributed by atoms with E-state index in [9.17, 15) is 0 Å². The topological polar surface area (TPSA) is 28.3 Å². The average molecular weight is 204 g/mol. The summed E-state index contributed by atoms with van der Waals surface area (Å²) in [6, 6.07) is 8.07. The van der Waals surface area contributed by atoms with Crippen LogP contribution in [0.1, 0.15) is 6.92 Å². The lowest BCUT2D eigenvalue weighted by Crippen LogP contribution is -2.30. The SMILES string of the molecule is CC(Oc1cccc2[nH]ccc12)N(C)C. The molecule has 3 nitrogen and oxygen atoms in total. The maximum atomic E-state index is 5.85. The zero-order chi connectivity index (χ0) is 10.8. The highest BCUT2D eigenvalue weighted by molar-refractivity contribution is 5.85. The van der Waals surface area contributed by atoms with Gasteiger partial charge in [0.2, 0.25) is 0 Å². The molecule has 0 aliphatic carbocycles. The van der Waals surface area contributed by atoms with Gasteiger partial charge < -0.3 is 9.72 Å². The minimum atomic E-state index is 0.0745. The monoisotopic (exact) mass is 204 g/mol. The molecule has 1 N–H and O–H groups in total. The molecule has 0 fully saturated rings. The number of hydrogen-bond donors (Lipinski definition) is 1. The highest BCUT2D eigenvalue weighted by Crippen LogP contribution is 2.25. The average Bonchev–Trinajstić information content (AvgIpc) is 2.66. The first-order chi connectivity index (χ1) is 7.18. The van der Waals surface area contributed by atoms with Crippen LogP contribution in [0.15, 0.2) is 30.5 Å². The number of benzene rings is 1. The van der Waals surface area contributed by atoms with E-state index in [2.05, 4.69) is 4.98 Å². The lowest BCUT2D eigenvalue weighted by Gasteiger charge is -2.21. The Hall–Kier alpha value is -1.48. The van der Waals surface area contributed by atoms with Gasteiger partial charge in [-0.1, -0.05) is 6.07 Å². The van der Waals surface area contributed by atoms with Gasteiger partial charge in [-0.2, -0.15) is 0 Å². The molecule has 3 heteroatoms. The molecule has 2 aromatic rings. The van der Waals surface area contributed by atoms with Gasteiger partial charge in [0.05, 0.1) is 0 Å². The molecule has 1 unspecified atom stereocenters. The summed E-state index contributed by atoms with van der Waals surface area (Å²) in [5, 5.41) is 1.13. The molecule has 15 heavy (non-hydrogen) atoms. The van der Waals surface area contributed by atoms with Crippen molar-refractivity contribution in [3.05, 3.63) is 30.5 Å². The second kappa shape index (κ2) is 3.95. The Morgan fingerprint density at radius 2 is 2.07 bits per heavy atom. The van der Waals surface area contributed by atoms with Crippen LogP contribution >= 0.6 is 0 Å². The Bertz CT molecular complexity index is 448. The lowest BCUT2D eigenvalue weighted by molar-refractivity contribution is 0.0831. The first-order valence-electron chi connectivity index (χ1n) is 5.07. The van der Waals surface area contributed by atoms with E-state index < -0.39 is 0 Å². The molecule has 0 spiro atoms. The highest BCUT2D eigenvalue weighted by Gasteiger charge is 2.08. The fraction of sp³-hybridized carbons (Fsp3) is 0.333. The van der Waals surface area contributed by atoms with Gasteiger partial charge in [0.25, 0.3) is 0 Å². The largest absolute Gasteiger partial charge is 0.475 e. The fourth-order valence-corrected chi connectivity index (χ4v) is 1.45. The van der Waals surface area contributed by atoms with E-state index >= 15 is 0 Å². The number of nitrogens with one attached hydrogen (secondary N) is 1. The molecule has 1 atom stereocenters. The standard InChI is InChI=1S/C12H16N2O/c1-9(14(2)3)15-12-6-4-5-11-10(12)7-8-13-11/h4-9,13H,1-3H3. The molecule has 1 aromatic carbocycles. The molecule has 0 amide bonds. The summed E-state index contributed by atoms with van der Waals surface area (Å²) in [6.45, 7) is 2.03. The van der Waals surface area contributed by atoms with E-state index in [0.717, 1.165) is 16.7 Å². The summed E-state index contributed by atoms with van der Waals surface area (Å²) < 4.78 is 5.85. The van der Waals surface area contributed by atoms with Crippen LogP contribution < -0.4 is 4.74 Å². The van der Waals surface area contributed by atoms with Crippen LogP contribution in [0.3, 0.4) is 0 Å². The molecule has 0 saturated carbocycles. The molecule has 0 bridgehead atoms. The van der Waals surface area contributed by atoms with Gasteiger partial charge >= 0.3 is 0 Å². The van der Waals surface area contributed by atoms with Crippen molar-refractivity contribution in [2.75, 3.05) is 14.1 Å². The van der Waals surface area contributed by atoms with Gasteiger partial charge in [-0.3, -0.25) is 4.90 Å². The van der Waals surface area contributed by atoms with E-state index in [1.54, 1.807) is 0 Å². The normalized spacial score (nSPS) is 13.3. The zero-order valence-electron chi connectivity index (χ0n) is 9.32. The number of nitrogens with zero attached hydrogens (tertiary/aromatic N) is 1. The summed E-state index contributed by atoms with van der Waals surface area (Å²) in [4.78, 5) is 5.20. The van der Waals surface area contributed by atoms with Crippen molar-refractivity contribution in [1.29, 1.82) is 0 Å². The van der Waals surface area contributed by atoms with E-state index in [0.29, 0.717) is 0 Å². The number of H-pyrrole nitrogens is 1. The van der Waals surface area contributed by atoms with Crippen molar-refractivity contribution < 1.29 is 4.74 Å². The van der Waals surface area contributed by atoms with Crippen LogP contribution in [-0.4, -0.2) is 30.2 Å². The highest BCUT2D eigenvalue weighted by atomic mass is 16.5. The van der Waals surface area contributed by atoms with Crippen molar-refractivity contribution in [3.63, 3.8) is 0 Å². The predicted molar refractivity (Wildman–Crippen MR) is 62.1 cm³/mol. The molecular formula is C12H16N2O. The Balaban J connectivity index is 2.31. The Morgan fingerprint density at radius 1 is 1.27 bits per heavy atom. The summed E-state index contributed by atoms with van der Waals surface area (Å²) >= 11 is 0. The van der Waals surface area contributed by atoms with E-state index in [1.807, 2.05) is 56.4 Å². The van der Waals surface area contributed by atoms with Gasteiger partial charge in [0.15, 0.2) is 0 Å². The molecular weight excluding hydrogens is 188 g/mol. The van der Waals surface area contributed by atoms with Crippen molar-refractivity contribution >= 4 is 10.9 Å². The van der Waals surface area contributed by atoms with Gasteiger partial charge in [-0.15, -0.1) is 0 Å². The van der Waals surface area contributed by atoms with Gasteiger partial charge in [-0.25, -0.2) is 0 Å². The first-order valence-corrected chi connectivity index (χ1v) is 5.07. The van der Waals surface area contributed by atoms with Crippen LogP contribution in [0.4, 0.5) is 0 Å². The summed E-state index contributed by atoms with van der Waals surface area (Å²) in [5.74, 6) is 0.926. The van der Waals surface area contributed by atoms with Crippen LogP contribution in [0, 0.1) is 0 Å². The van der Waals surface area contributed by atoms with Gasteiger partial charge in [-0.05, 0) is 39.2 Å². The van der Waals surface area contributed by atoms with E-state index in [4.69, 9.17) is 4.74 Å². The van der Waals surface area contributed by atoms with Gasteiger partial charge in [0.1, 0.15) is 12.0 Å².